The van der Waals surface area contributed by atoms with Gasteiger partial charge in [0.15, 0.2) is 0 Å². The summed E-state index contributed by atoms with van der Waals surface area (Å²) in [5.74, 6) is -0.0314. The number of sulfonamides is 1. The number of nitrogens with zero attached hydrogens (tertiary/aromatic N) is 3. The van der Waals surface area contributed by atoms with Gasteiger partial charge in [0, 0.05) is 32.1 Å². The van der Waals surface area contributed by atoms with E-state index in [9.17, 15) is 13.2 Å². The summed E-state index contributed by atoms with van der Waals surface area (Å²) >= 11 is 1.39. The lowest BCUT2D eigenvalue weighted by Gasteiger charge is -2.31. The van der Waals surface area contributed by atoms with Gasteiger partial charge in [-0.3, -0.25) is 4.79 Å². The van der Waals surface area contributed by atoms with Crippen LogP contribution in [0.4, 0.5) is 11.4 Å². The number of piperidine rings is 1. The highest BCUT2D eigenvalue weighted by Crippen LogP contribution is 2.33. The molecule has 3 heterocycles. The van der Waals surface area contributed by atoms with Crippen LogP contribution < -0.4 is 10.2 Å². The van der Waals surface area contributed by atoms with Crippen molar-refractivity contribution in [2.24, 2.45) is 0 Å². The number of anilines is 2. The molecule has 0 spiro atoms. The molecule has 0 aliphatic carbocycles. The zero-order valence-corrected chi connectivity index (χ0v) is 21.1. The fraction of sp³-hybridized carbons (Fsp3) is 0.565. The maximum atomic E-state index is 13.3. The first-order valence-corrected chi connectivity index (χ1v) is 13.8. The molecule has 1 N–H and O–H groups in total. The zero-order valence-electron chi connectivity index (χ0n) is 19.5. The molecular weight excluding hydrogens is 460 g/mol. The van der Waals surface area contributed by atoms with Crippen molar-refractivity contribution < 1.29 is 17.9 Å². The van der Waals surface area contributed by atoms with E-state index in [0.29, 0.717) is 55.7 Å². The van der Waals surface area contributed by atoms with Crippen molar-refractivity contribution in [3.8, 4) is 0 Å². The van der Waals surface area contributed by atoms with Crippen molar-refractivity contribution in [2.75, 3.05) is 49.6 Å². The van der Waals surface area contributed by atoms with Gasteiger partial charge in [0.25, 0.3) is 5.91 Å². The van der Waals surface area contributed by atoms with Crippen molar-refractivity contribution in [3.05, 3.63) is 33.8 Å². The van der Waals surface area contributed by atoms with E-state index >= 15 is 0 Å². The smallest absolute Gasteiger partial charge is 0.267 e. The van der Waals surface area contributed by atoms with E-state index in [4.69, 9.17) is 4.74 Å². The molecule has 2 aliphatic heterocycles. The second-order valence-corrected chi connectivity index (χ2v) is 11.8. The third kappa shape index (κ3) is 5.24. The Morgan fingerprint density at radius 1 is 1.12 bits per heavy atom. The molecule has 1 aromatic carbocycles. The molecule has 4 rings (SSSR count). The van der Waals surface area contributed by atoms with E-state index < -0.39 is 10.0 Å². The fourth-order valence-corrected chi connectivity index (χ4v) is 6.67. The minimum absolute atomic E-state index is 0.209. The van der Waals surface area contributed by atoms with Crippen LogP contribution in [0.2, 0.25) is 0 Å². The minimum Gasteiger partial charge on any atom is -0.378 e. The Labute approximate surface area is 200 Å². The molecule has 1 amide bonds. The number of aryl methyl sites for hydroxylation is 1. The van der Waals surface area contributed by atoms with E-state index in [1.807, 2.05) is 20.8 Å². The van der Waals surface area contributed by atoms with Crippen molar-refractivity contribution in [1.29, 1.82) is 0 Å². The number of nitrogens with one attached hydrogen (secondary N) is 1. The van der Waals surface area contributed by atoms with Crippen molar-refractivity contribution >= 4 is 38.6 Å². The lowest BCUT2D eigenvalue weighted by atomic mass is 10.2. The predicted molar refractivity (Wildman–Crippen MR) is 131 cm³/mol. The highest BCUT2D eigenvalue weighted by molar-refractivity contribution is 7.89. The first-order chi connectivity index (χ1) is 15.8. The number of thiazole rings is 1. The largest absolute Gasteiger partial charge is 0.378 e. The number of carbonyl (C=O) groups excluding carboxylic acids is 1. The lowest BCUT2D eigenvalue weighted by Crippen LogP contribution is -2.37. The molecule has 2 saturated heterocycles. The van der Waals surface area contributed by atoms with Crippen LogP contribution in [-0.2, 0) is 14.8 Å². The van der Waals surface area contributed by atoms with Crippen LogP contribution >= 0.6 is 11.3 Å². The van der Waals surface area contributed by atoms with Crippen LogP contribution in [-0.4, -0.2) is 63.0 Å². The number of morpholine rings is 1. The zero-order chi connectivity index (χ0) is 23.6. The van der Waals surface area contributed by atoms with Crippen molar-refractivity contribution in [1.82, 2.24) is 9.29 Å². The molecule has 0 saturated carbocycles. The molecule has 0 bridgehead atoms. The average Bonchev–Trinajstić information content (AvgIpc) is 3.22. The average molecular weight is 493 g/mol. The predicted octanol–water partition coefficient (Wildman–Crippen LogP) is 3.84. The quantitative estimate of drug-likeness (QED) is 0.659. The third-order valence-electron chi connectivity index (χ3n) is 6.03. The molecule has 10 heteroatoms. The molecule has 0 radical (unpaired) electrons. The van der Waals surface area contributed by atoms with E-state index in [0.717, 1.165) is 30.0 Å². The highest BCUT2D eigenvalue weighted by Gasteiger charge is 2.28. The highest BCUT2D eigenvalue weighted by atomic mass is 32.2. The van der Waals surface area contributed by atoms with Gasteiger partial charge in [-0.15, -0.1) is 11.3 Å². The summed E-state index contributed by atoms with van der Waals surface area (Å²) in [5, 5.41) is 3.91. The van der Waals surface area contributed by atoms with E-state index in [1.54, 1.807) is 22.5 Å². The molecular formula is C23H32N4O4S2. The normalized spacial score (nSPS) is 18.0. The van der Waals surface area contributed by atoms with Gasteiger partial charge in [-0.2, -0.15) is 4.31 Å². The minimum atomic E-state index is -3.62. The molecule has 33 heavy (non-hydrogen) atoms. The van der Waals surface area contributed by atoms with Crippen LogP contribution in [0.5, 0.6) is 0 Å². The summed E-state index contributed by atoms with van der Waals surface area (Å²) in [5.41, 5.74) is 1.99. The fourth-order valence-electron chi connectivity index (χ4n) is 4.16. The summed E-state index contributed by atoms with van der Waals surface area (Å²) in [6.07, 6.45) is 2.80. The Hall–Kier alpha value is -2.01. The third-order valence-corrected chi connectivity index (χ3v) is 9.39. The molecule has 2 aromatic rings. The number of aromatic nitrogens is 1. The van der Waals surface area contributed by atoms with Crippen molar-refractivity contribution in [2.45, 2.75) is 50.8 Å². The summed E-state index contributed by atoms with van der Waals surface area (Å²) in [7, 11) is -3.62. The molecule has 180 valence electrons. The maximum absolute atomic E-state index is 13.3. The molecule has 0 atom stereocenters. The number of ether oxygens (including phenoxy) is 1. The summed E-state index contributed by atoms with van der Waals surface area (Å²) in [6, 6.07) is 5.06. The van der Waals surface area contributed by atoms with Gasteiger partial charge in [-0.05, 0) is 38.0 Å². The van der Waals surface area contributed by atoms with Gasteiger partial charge in [0.2, 0.25) is 10.0 Å². The topological polar surface area (TPSA) is 91.8 Å². The van der Waals surface area contributed by atoms with Gasteiger partial charge in [0.1, 0.15) is 4.88 Å². The number of benzene rings is 1. The van der Waals surface area contributed by atoms with Crippen molar-refractivity contribution in [3.63, 3.8) is 0 Å². The second-order valence-electron chi connectivity index (χ2n) is 8.82. The van der Waals surface area contributed by atoms with Gasteiger partial charge in [0.05, 0.1) is 40.2 Å². The Bertz CT molecular complexity index is 1100. The van der Waals surface area contributed by atoms with Crippen LogP contribution in [0.3, 0.4) is 0 Å². The first kappa shape index (κ1) is 24.1. The molecule has 2 fully saturated rings. The summed E-state index contributed by atoms with van der Waals surface area (Å²) < 4.78 is 33.6. The number of carbonyl (C=O) groups is 1. The summed E-state index contributed by atoms with van der Waals surface area (Å²) in [4.78, 5) is 20.6. The number of rotatable bonds is 6. The van der Waals surface area contributed by atoms with Gasteiger partial charge in [-0.1, -0.05) is 20.3 Å². The maximum Gasteiger partial charge on any atom is 0.267 e. The monoisotopic (exact) mass is 492 g/mol. The van der Waals surface area contributed by atoms with Gasteiger partial charge < -0.3 is 15.0 Å². The Morgan fingerprint density at radius 2 is 1.82 bits per heavy atom. The van der Waals surface area contributed by atoms with E-state index in [1.165, 1.54) is 11.3 Å². The Kier molecular flexibility index (Phi) is 7.37. The SMILES string of the molecule is Cc1nc(C(C)C)sc1C(=O)Nc1cc(S(=O)(=O)N2CCCCC2)ccc1N1CCOCC1. The molecule has 8 nitrogen and oxygen atoms in total. The van der Waals surface area contributed by atoms with E-state index in [2.05, 4.69) is 15.2 Å². The number of hydrogen-bond acceptors (Lipinski definition) is 7. The van der Waals surface area contributed by atoms with Gasteiger partial charge >= 0.3 is 0 Å². The molecule has 2 aliphatic rings. The van der Waals surface area contributed by atoms with E-state index in [-0.39, 0.29) is 16.7 Å². The Balaban J connectivity index is 1.68. The van der Waals surface area contributed by atoms with Crippen LogP contribution in [0, 0.1) is 6.92 Å². The molecule has 1 aromatic heterocycles. The van der Waals surface area contributed by atoms with Crippen LogP contribution in [0.25, 0.3) is 0 Å². The lowest BCUT2D eigenvalue weighted by molar-refractivity contribution is 0.102. The molecule has 0 unspecified atom stereocenters. The standard InChI is InChI=1S/C23H32N4O4S2/c1-16(2)23-24-17(3)21(32-23)22(28)25-19-15-18(33(29,30)27-9-5-4-6-10-27)7-8-20(19)26-11-13-31-14-12-26/h7-8,15-16H,4-6,9-14H2,1-3H3,(H,25,28). The second kappa shape index (κ2) is 10.1. The Morgan fingerprint density at radius 3 is 2.45 bits per heavy atom. The number of amides is 1. The number of hydrogen-bond donors (Lipinski definition) is 1. The van der Waals surface area contributed by atoms with Crippen LogP contribution in [0.1, 0.15) is 59.4 Å². The summed E-state index contributed by atoms with van der Waals surface area (Å²) in [6.45, 7) is 9.53. The van der Waals surface area contributed by atoms with Crippen LogP contribution in [0.15, 0.2) is 23.1 Å². The first-order valence-electron chi connectivity index (χ1n) is 11.5. The van der Waals surface area contributed by atoms with Gasteiger partial charge in [-0.25, -0.2) is 13.4 Å².